The topological polar surface area (TPSA) is 41.6 Å². The Hall–Kier alpha value is -1.29. The van der Waals surface area contributed by atoms with Crippen molar-refractivity contribution in [3.8, 4) is 0 Å². The van der Waals surface area contributed by atoms with Crippen LogP contribution in [-0.4, -0.2) is 43.7 Å². The molecule has 0 aromatic heterocycles. The van der Waals surface area contributed by atoms with E-state index in [1.807, 2.05) is 0 Å². The first-order valence-corrected chi connectivity index (χ1v) is 27.8. The summed E-state index contributed by atoms with van der Waals surface area (Å²) in [5.74, 6) is 0.949. The smallest absolute Gasteiger partial charge is 0.308 e. The van der Waals surface area contributed by atoms with Crippen LogP contribution < -0.4 is 5.32 Å². The predicted octanol–water partition coefficient (Wildman–Crippen LogP) is 18.4. The highest BCUT2D eigenvalue weighted by atomic mass is 16.5. The number of nitrogens with zero attached hydrogens (tertiary/aromatic N) is 1. The van der Waals surface area contributed by atoms with Gasteiger partial charge in [0.15, 0.2) is 0 Å². The third-order valence-electron chi connectivity index (χ3n) is 13.8. The molecule has 0 heterocycles. The summed E-state index contributed by atoms with van der Waals surface area (Å²) >= 11 is 0. The van der Waals surface area contributed by atoms with E-state index in [1.165, 1.54) is 230 Å². The van der Waals surface area contributed by atoms with Crippen LogP contribution in [0.5, 0.6) is 0 Å². The fourth-order valence-corrected chi connectivity index (χ4v) is 9.55. The normalized spacial score (nSPS) is 13.0. The van der Waals surface area contributed by atoms with Crippen LogP contribution in [0.1, 0.15) is 291 Å². The highest BCUT2D eigenvalue weighted by Gasteiger charge is 2.20. The first-order valence-electron chi connectivity index (χ1n) is 27.8. The Balaban J connectivity index is 4.80. The van der Waals surface area contributed by atoms with Crippen LogP contribution in [0, 0.1) is 11.8 Å². The van der Waals surface area contributed by atoms with Gasteiger partial charge in [-0.05, 0) is 96.6 Å². The van der Waals surface area contributed by atoms with Gasteiger partial charge in [-0.25, -0.2) is 0 Å². The highest BCUT2D eigenvalue weighted by Crippen LogP contribution is 2.27. The average molecular weight is 858 g/mol. The summed E-state index contributed by atoms with van der Waals surface area (Å²) < 4.78 is 5.80. The second kappa shape index (κ2) is 46.7. The number of allylic oxidation sites excluding steroid dienone is 2. The predicted molar refractivity (Wildman–Crippen MR) is 274 cm³/mol. The second-order valence-electron chi connectivity index (χ2n) is 19.5. The summed E-state index contributed by atoms with van der Waals surface area (Å²) in [4.78, 5) is 15.6. The molecule has 0 amide bonds. The number of esters is 1. The molecule has 3 unspecified atom stereocenters. The lowest BCUT2D eigenvalue weighted by Crippen LogP contribution is -2.36. The van der Waals surface area contributed by atoms with E-state index in [4.69, 9.17) is 11.3 Å². The average Bonchev–Trinajstić information content (AvgIpc) is 3.26. The lowest BCUT2D eigenvalue weighted by Gasteiger charge is -2.36. The number of unbranched alkanes of at least 4 members (excludes halogenated alkanes) is 25. The van der Waals surface area contributed by atoms with Crippen molar-refractivity contribution in [1.29, 1.82) is 0 Å². The molecule has 362 valence electrons. The molecule has 0 aliphatic heterocycles. The summed E-state index contributed by atoms with van der Waals surface area (Å²) in [5, 5.41) is 3.41. The molecule has 0 aliphatic rings. The standard InChI is InChI=1S/C57H112N2O2/c1-9-14-18-21-30-35-43-53(7)59(50-41-49-58-8)56(47-38-31-26-23-22-25-29-34-42-52(6)54(13-5)45-36-19-15-10-2)48-39-32-27-24-28-33-40-51-61-57(60)55(44-17-12-4)46-37-20-16-11-3/h54-56,58H,6-7,9-51H2,1-5,8H3. The minimum absolute atomic E-state index is 0.0750. The fraction of sp³-hybridized carbons (Fsp3) is 0.912. The van der Waals surface area contributed by atoms with Crippen molar-refractivity contribution in [2.75, 3.05) is 26.7 Å². The molecular formula is C57H112N2O2. The van der Waals surface area contributed by atoms with Crippen LogP contribution in [0.25, 0.3) is 0 Å². The Morgan fingerprint density at radius 2 is 0.885 bits per heavy atom. The molecule has 61 heavy (non-hydrogen) atoms. The molecule has 0 aromatic carbocycles. The van der Waals surface area contributed by atoms with Crippen LogP contribution in [0.4, 0.5) is 0 Å². The molecule has 0 bridgehead atoms. The summed E-state index contributed by atoms with van der Waals surface area (Å²) in [6, 6.07) is 0.638. The van der Waals surface area contributed by atoms with Crippen LogP contribution in [-0.2, 0) is 9.53 Å². The zero-order valence-electron chi connectivity index (χ0n) is 42.8. The highest BCUT2D eigenvalue weighted by molar-refractivity contribution is 5.72. The molecule has 0 fully saturated rings. The lowest BCUT2D eigenvalue weighted by molar-refractivity contribution is -0.149. The van der Waals surface area contributed by atoms with E-state index < -0.39 is 0 Å². The number of ether oxygens (including phenoxy) is 1. The van der Waals surface area contributed by atoms with Crippen LogP contribution in [0.2, 0.25) is 0 Å². The van der Waals surface area contributed by atoms with Crippen molar-refractivity contribution in [1.82, 2.24) is 10.2 Å². The fourth-order valence-electron chi connectivity index (χ4n) is 9.55. The van der Waals surface area contributed by atoms with E-state index in [0.29, 0.717) is 12.6 Å². The Kier molecular flexibility index (Phi) is 45.7. The number of hydrogen-bond acceptors (Lipinski definition) is 4. The van der Waals surface area contributed by atoms with Gasteiger partial charge in [0.05, 0.1) is 12.5 Å². The van der Waals surface area contributed by atoms with E-state index in [1.54, 1.807) is 0 Å². The maximum absolute atomic E-state index is 12.8. The van der Waals surface area contributed by atoms with Gasteiger partial charge >= 0.3 is 5.97 Å². The molecule has 1 N–H and O–H groups in total. The maximum atomic E-state index is 12.8. The van der Waals surface area contributed by atoms with Crippen molar-refractivity contribution in [3.63, 3.8) is 0 Å². The van der Waals surface area contributed by atoms with Gasteiger partial charge in [-0.2, -0.15) is 0 Å². The molecule has 4 nitrogen and oxygen atoms in total. The number of nitrogens with one attached hydrogen (secondary N) is 1. The number of hydrogen-bond donors (Lipinski definition) is 1. The third kappa shape index (κ3) is 36.7. The largest absolute Gasteiger partial charge is 0.465 e. The Labute approximate surface area is 384 Å². The van der Waals surface area contributed by atoms with Crippen molar-refractivity contribution in [3.05, 3.63) is 24.4 Å². The van der Waals surface area contributed by atoms with Gasteiger partial charge in [-0.15, -0.1) is 0 Å². The van der Waals surface area contributed by atoms with Gasteiger partial charge in [0.2, 0.25) is 0 Å². The Bertz CT molecular complexity index is 948. The van der Waals surface area contributed by atoms with E-state index >= 15 is 0 Å². The first-order chi connectivity index (χ1) is 29.9. The van der Waals surface area contributed by atoms with Crippen LogP contribution in [0.15, 0.2) is 24.4 Å². The summed E-state index contributed by atoms with van der Waals surface area (Å²) in [6.45, 7) is 23.5. The minimum atomic E-state index is 0.0750. The van der Waals surface area contributed by atoms with Gasteiger partial charge in [-0.3, -0.25) is 4.79 Å². The van der Waals surface area contributed by atoms with Crippen LogP contribution in [0.3, 0.4) is 0 Å². The molecule has 0 aliphatic carbocycles. The minimum Gasteiger partial charge on any atom is -0.465 e. The zero-order valence-corrected chi connectivity index (χ0v) is 42.8. The van der Waals surface area contributed by atoms with E-state index in [9.17, 15) is 4.79 Å². The summed E-state index contributed by atoms with van der Waals surface area (Å²) in [6.07, 6.45) is 51.5. The molecule has 4 heteroatoms. The summed E-state index contributed by atoms with van der Waals surface area (Å²) in [7, 11) is 2.09. The van der Waals surface area contributed by atoms with Gasteiger partial charge < -0.3 is 15.0 Å². The van der Waals surface area contributed by atoms with Gasteiger partial charge in [0, 0.05) is 18.3 Å². The quantitative estimate of drug-likeness (QED) is 0.0376. The number of carbonyl (C=O) groups is 1. The van der Waals surface area contributed by atoms with Crippen molar-refractivity contribution >= 4 is 5.97 Å². The monoisotopic (exact) mass is 857 g/mol. The molecule has 0 saturated carbocycles. The van der Waals surface area contributed by atoms with E-state index in [0.717, 1.165) is 57.5 Å². The molecule has 0 rings (SSSR count). The Morgan fingerprint density at radius 3 is 1.39 bits per heavy atom. The molecule has 0 radical (unpaired) electrons. The van der Waals surface area contributed by atoms with Crippen molar-refractivity contribution in [2.45, 2.75) is 297 Å². The van der Waals surface area contributed by atoms with Gasteiger partial charge in [-0.1, -0.05) is 233 Å². The van der Waals surface area contributed by atoms with Crippen molar-refractivity contribution in [2.24, 2.45) is 11.8 Å². The third-order valence-corrected chi connectivity index (χ3v) is 13.8. The first kappa shape index (κ1) is 59.7. The second-order valence-corrected chi connectivity index (χ2v) is 19.5. The van der Waals surface area contributed by atoms with Gasteiger partial charge in [0.1, 0.15) is 0 Å². The SMILES string of the molecule is C=C(CCCCCCCCCCC(CCCCCCCCCOC(=O)C(CCCC)CCCCCC)N(CCCNC)C(=C)CCCCCCCC)C(CC)CCCCCC. The van der Waals surface area contributed by atoms with E-state index in [2.05, 4.69) is 58.5 Å². The van der Waals surface area contributed by atoms with Gasteiger partial charge in [0.25, 0.3) is 0 Å². The summed E-state index contributed by atoms with van der Waals surface area (Å²) in [5.41, 5.74) is 2.95. The Morgan fingerprint density at radius 1 is 0.475 bits per heavy atom. The number of rotatable bonds is 50. The zero-order chi connectivity index (χ0) is 44.9. The molecule has 3 atom stereocenters. The maximum Gasteiger partial charge on any atom is 0.308 e. The molecular weight excluding hydrogens is 745 g/mol. The molecule has 0 saturated heterocycles. The van der Waals surface area contributed by atoms with Crippen LogP contribution >= 0.6 is 0 Å². The van der Waals surface area contributed by atoms with E-state index in [-0.39, 0.29) is 11.9 Å². The lowest BCUT2D eigenvalue weighted by atomic mass is 9.88. The molecule has 0 spiro atoms. The molecule has 0 aromatic rings. The number of carbonyl (C=O) groups excluding carboxylic acids is 1. The van der Waals surface area contributed by atoms with Crippen molar-refractivity contribution < 1.29 is 9.53 Å².